The third kappa shape index (κ3) is 3.61. The third-order valence-electron chi connectivity index (χ3n) is 3.94. The van der Waals surface area contributed by atoms with Gasteiger partial charge in [0.05, 0.1) is 17.7 Å². The Morgan fingerprint density at radius 1 is 1.54 bits per heavy atom. The van der Waals surface area contributed by atoms with Crippen molar-refractivity contribution in [3.8, 4) is 0 Å². The SMILES string of the molecule is CON=C(C(=O)N[C@@H]1C(=O)N2C(C(=O)[O-])=CCC[C@@H]12)c1csc(N)n1.[Na+]. The maximum atomic E-state index is 12.5. The number of amides is 2. The number of oxime groups is 1. The van der Waals surface area contributed by atoms with E-state index in [1.807, 2.05) is 0 Å². The number of nitrogen functional groups attached to an aromatic ring is 1. The number of allylic oxidation sites excluding steroid dienone is 1. The summed E-state index contributed by atoms with van der Waals surface area (Å²) in [6.07, 6.45) is 2.46. The Balaban J connectivity index is 0.00000243. The smallest absolute Gasteiger partial charge is 0.543 e. The molecule has 3 rings (SSSR count). The van der Waals surface area contributed by atoms with E-state index < -0.39 is 29.9 Å². The van der Waals surface area contributed by atoms with Crippen LogP contribution in [-0.2, 0) is 19.2 Å². The zero-order valence-corrected chi connectivity index (χ0v) is 16.9. The van der Waals surface area contributed by atoms with Gasteiger partial charge in [0.2, 0.25) is 0 Å². The predicted octanol–water partition coefficient (Wildman–Crippen LogP) is -4.80. The summed E-state index contributed by atoms with van der Waals surface area (Å²) in [4.78, 5) is 45.6. The Morgan fingerprint density at radius 3 is 2.85 bits per heavy atom. The zero-order valence-electron chi connectivity index (χ0n) is 14.1. The molecule has 0 unspecified atom stereocenters. The van der Waals surface area contributed by atoms with Crippen molar-refractivity contribution in [3.63, 3.8) is 0 Å². The molecule has 0 bridgehead atoms. The molecule has 1 fully saturated rings. The van der Waals surface area contributed by atoms with Crippen LogP contribution in [0.1, 0.15) is 18.5 Å². The third-order valence-corrected chi connectivity index (χ3v) is 4.61. The fraction of sp³-hybridized carbons (Fsp3) is 0.357. The van der Waals surface area contributed by atoms with Gasteiger partial charge in [-0.1, -0.05) is 11.2 Å². The average Bonchev–Trinajstić information content (AvgIpc) is 3.02. The molecule has 2 amide bonds. The minimum atomic E-state index is -1.41. The molecule has 132 valence electrons. The van der Waals surface area contributed by atoms with Gasteiger partial charge in [-0.05, 0) is 12.8 Å². The molecule has 1 aromatic rings. The van der Waals surface area contributed by atoms with Crippen LogP contribution < -0.4 is 45.7 Å². The number of hydrogen-bond donors (Lipinski definition) is 2. The molecule has 26 heavy (non-hydrogen) atoms. The molecule has 3 heterocycles. The molecule has 2 aliphatic heterocycles. The molecule has 2 atom stereocenters. The number of nitrogens with one attached hydrogen (secondary N) is 1. The molecule has 10 nitrogen and oxygen atoms in total. The maximum Gasteiger partial charge on any atom is 1.00 e. The van der Waals surface area contributed by atoms with E-state index in [1.165, 1.54) is 13.2 Å². The Bertz CT molecular complexity index is 807. The second kappa shape index (κ2) is 8.16. The molecule has 0 aromatic carbocycles. The van der Waals surface area contributed by atoms with Gasteiger partial charge in [0.15, 0.2) is 10.8 Å². The van der Waals surface area contributed by atoms with Crippen molar-refractivity contribution >= 4 is 40.0 Å². The number of carbonyl (C=O) groups excluding carboxylic acids is 3. The van der Waals surface area contributed by atoms with Crippen LogP contribution in [0.4, 0.5) is 5.13 Å². The Labute approximate surface area is 174 Å². The van der Waals surface area contributed by atoms with Crippen molar-refractivity contribution in [2.24, 2.45) is 5.16 Å². The quantitative estimate of drug-likeness (QED) is 0.223. The number of carbonyl (C=O) groups is 3. The van der Waals surface area contributed by atoms with Gasteiger partial charge in [0.25, 0.3) is 11.8 Å². The molecule has 1 saturated heterocycles. The van der Waals surface area contributed by atoms with E-state index in [4.69, 9.17) is 5.73 Å². The largest absolute Gasteiger partial charge is 1.00 e. The van der Waals surface area contributed by atoms with Gasteiger partial charge >= 0.3 is 29.6 Å². The molecule has 0 aliphatic carbocycles. The minimum absolute atomic E-state index is 0. The van der Waals surface area contributed by atoms with Gasteiger partial charge in [-0.25, -0.2) is 4.98 Å². The molecule has 3 N–H and O–H groups in total. The number of anilines is 1. The van der Waals surface area contributed by atoms with E-state index in [-0.39, 0.29) is 51.8 Å². The molecule has 12 heteroatoms. The first-order chi connectivity index (χ1) is 11.9. The fourth-order valence-electron chi connectivity index (χ4n) is 2.87. The summed E-state index contributed by atoms with van der Waals surface area (Å²) >= 11 is 1.13. The molecule has 2 aliphatic rings. The summed E-state index contributed by atoms with van der Waals surface area (Å²) < 4.78 is 0. The van der Waals surface area contributed by atoms with E-state index in [0.29, 0.717) is 12.8 Å². The number of rotatable bonds is 5. The summed E-state index contributed by atoms with van der Waals surface area (Å²) in [7, 11) is 1.28. The van der Waals surface area contributed by atoms with Gasteiger partial charge in [0, 0.05) is 5.38 Å². The number of nitrogens with two attached hydrogens (primary N) is 1. The number of hydrogen-bond acceptors (Lipinski definition) is 9. The van der Waals surface area contributed by atoms with Crippen molar-refractivity contribution in [1.29, 1.82) is 0 Å². The number of fused-ring (bicyclic) bond motifs is 1. The van der Waals surface area contributed by atoms with Crippen LogP contribution in [0, 0.1) is 0 Å². The molecule has 0 saturated carbocycles. The van der Waals surface area contributed by atoms with E-state index in [9.17, 15) is 19.5 Å². The van der Waals surface area contributed by atoms with Gasteiger partial charge in [-0.15, -0.1) is 11.3 Å². The number of aliphatic carboxylic acids is 1. The number of thiazole rings is 1. The first kappa shape index (κ1) is 20.4. The Morgan fingerprint density at radius 2 is 2.27 bits per heavy atom. The molecular formula is C14H14N5NaO5S. The van der Waals surface area contributed by atoms with E-state index in [0.717, 1.165) is 16.2 Å². The first-order valence-corrected chi connectivity index (χ1v) is 8.20. The molecule has 1 aromatic heterocycles. The van der Waals surface area contributed by atoms with E-state index in [1.54, 1.807) is 5.38 Å². The normalized spacial score (nSPS) is 21.7. The van der Waals surface area contributed by atoms with E-state index >= 15 is 0 Å². The first-order valence-electron chi connectivity index (χ1n) is 7.32. The predicted molar refractivity (Wildman–Crippen MR) is 85.0 cm³/mol. The van der Waals surface area contributed by atoms with Crippen LogP contribution in [0.3, 0.4) is 0 Å². The number of nitrogens with zero attached hydrogens (tertiary/aromatic N) is 3. The van der Waals surface area contributed by atoms with Crippen molar-refractivity contribution in [3.05, 3.63) is 22.8 Å². The summed E-state index contributed by atoms with van der Waals surface area (Å²) in [5, 5.41) is 19.1. The average molecular weight is 387 g/mol. The standard InChI is InChI=1S/C14H15N5O5S.Na/c1-24-18-9(6-5-25-14(15)16-6)11(20)17-10-7-3-2-4-8(13(22)23)19(7)12(10)21;/h4-5,7,10H,2-3H2,1H3,(H2,15,16)(H,17,20)(H,22,23);/q;+1/p-1/t7-,10-;/m0./s1. The van der Waals surface area contributed by atoms with E-state index in [2.05, 4.69) is 20.3 Å². The monoisotopic (exact) mass is 387 g/mol. The fourth-order valence-corrected chi connectivity index (χ4v) is 3.42. The van der Waals surface area contributed by atoms with Crippen LogP contribution >= 0.6 is 11.3 Å². The second-order valence-electron chi connectivity index (χ2n) is 5.37. The van der Waals surface area contributed by atoms with Gasteiger partial charge in [-0.2, -0.15) is 0 Å². The topological polar surface area (TPSA) is 150 Å². The summed E-state index contributed by atoms with van der Waals surface area (Å²) in [6, 6.07) is -1.27. The van der Waals surface area contributed by atoms with Gasteiger partial charge in [0.1, 0.15) is 18.8 Å². The molecular weight excluding hydrogens is 373 g/mol. The van der Waals surface area contributed by atoms with Crippen molar-refractivity contribution < 1.29 is 53.9 Å². The summed E-state index contributed by atoms with van der Waals surface area (Å²) in [5.74, 6) is -2.58. The van der Waals surface area contributed by atoms with Crippen molar-refractivity contribution in [1.82, 2.24) is 15.2 Å². The van der Waals surface area contributed by atoms with Crippen LogP contribution in [0.25, 0.3) is 0 Å². The van der Waals surface area contributed by atoms with Gasteiger partial charge < -0.3 is 30.7 Å². The van der Waals surface area contributed by atoms with Gasteiger partial charge in [-0.3, -0.25) is 9.59 Å². The number of carboxylic acids is 1. The number of aromatic nitrogens is 1. The molecule has 0 radical (unpaired) electrons. The number of carboxylic acid groups (broad SMARTS) is 1. The second-order valence-corrected chi connectivity index (χ2v) is 6.26. The summed E-state index contributed by atoms with van der Waals surface area (Å²) in [6.45, 7) is 0. The minimum Gasteiger partial charge on any atom is -0.543 e. The van der Waals surface area contributed by atoms with Crippen LogP contribution in [0.5, 0.6) is 0 Å². The Kier molecular flexibility index (Phi) is 6.39. The van der Waals surface area contributed by atoms with Crippen molar-refractivity contribution in [2.75, 3.05) is 12.8 Å². The van der Waals surface area contributed by atoms with Crippen LogP contribution in [0.2, 0.25) is 0 Å². The summed E-state index contributed by atoms with van der Waals surface area (Å²) in [5.41, 5.74) is 5.50. The van der Waals surface area contributed by atoms with Crippen LogP contribution in [0.15, 0.2) is 22.3 Å². The number of β-lactam (4-membered cyclic amide) rings is 1. The van der Waals surface area contributed by atoms with Crippen LogP contribution in [-0.4, -0.2) is 52.6 Å². The zero-order chi connectivity index (χ0) is 18.1. The maximum absolute atomic E-state index is 12.5. The molecule has 0 spiro atoms. The Hall–Kier alpha value is -1.95. The van der Waals surface area contributed by atoms with Crippen molar-refractivity contribution in [2.45, 2.75) is 24.9 Å².